The molecule has 0 bridgehead atoms. The average molecular weight is 384 g/mol. The Morgan fingerprint density at radius 1 is 1.07 bits per heavy atom. The van der Waals surface area contributed by atoms with Crippen molar-refractivity contribution < 1.29 is 13.9 Å². The second-order valence-corrected chi connectivity index (χ2v) is 7.37. The molecule has 1 amide bonds. The fourth-order valence-electron chi connectivity index (χ4n) is 3.81. The fraction of sp³-hybridized carbons (Fsp3) is 0.435. The van der Waals surface area contributed by atoms with E-state index < -0.39 is 0 Å². The van der Waals surface area contributed by atoms with Crippen LogP contribution in [0.2, 0.25) is 0 Å². The van der Waals surface area contributed by atoms with Gasteiger partial charge in [0.25, 0.3) is 0 Å². The zero-order valence-electron chi connectivity index (χ0n) is 16.7. The summed E-state index contributed by atoms with van der Waals surface area (Å²) in [6, 6.07) is 14.8. The molecule has 2 aromatic rings. The molecule has 3 rings (SSSR count). The van der Waals surface area contributed by atoms with Gasteiger partial charge >= 0.3 is 0 Å². The third kappa shape index (κ3) is 5.32. The lowest BCUT2D eigenvalue weighted by Gasteiger charge is -2.29. The van der Waals surface area contributed by atoms with Gasteiger partial charge in [0.1, 0.15) is 11.6 Å². The van der Waals surface area contributed by atoms with E-state index in [2.05, 4.69) is 24.0 Å². The summed E-state index contributed by atoms with van der Waals surface area (Å²) in [5, 5.41) is 0. The highest BCUT2D eigenvalue weighted by Crippen LogP contribution is 2.19. The maximum atomic E-state index is 13.1. The molecular weight excluding hydrogens is 355 g/mol. The quantitative estimate of drug-likeness (QED) is 0.726. The summed E-state index contributed by atoms with van der Waals surface area (Å²) in [4.78, 5) is 17.2. The molecule has 28 heavy (non-hydrogen) atoms. The highest BCUT2D eigenvalue weighted by atomic mass is 19.1. The molecule has 150 valence electrons. The largest absolute Gasteiger partial charge is 0.497 e. The van der Waals surface area contributed by atoms with Gasteiger partial charge in [0.15, 0.2) is 0 Å². The summed E-state index contributed by atoms with van der Waals surface area (Å²) < 4.78 is 18.3. The summed E-state index contributed by atoms with van der Waals surface area (Å²) in [6.07, 6.45) is 2.67. The Balaban J connectivity index is 1.62. The van der Waals surface area contributed by atoms with Crippen molar-refractivity contribution in [1.82, 2.24) is 9.80 Å². The van der Waals surface area contributed by atoms with Gasteiger partial charge in [-0.15, -0.1) is 0 Å². The topological polar surface area (TPSA) is 32.8 Å². The van der Waals surface area contributed by atoms with Crippen molar-refractivity contribution in [3.63, 3.8) is 0 Å². The number of ether oxygens (including phenoxy) is 1. The Morgan fingerprint density at radius 3 is 2.39 bits per heavy atom. The number of rotatable bonds is 7. The Hall–Kier alpha value is -2.40. The molecule has 1 fully saturated rings. The van der Waals surface area contributed by atoms with Crippen LogP contribution in [0.3, 0.4) is 0 Å². The van der Waals surface area contributed by atoms with Crippen molar-refractivity contribution >= 4 is 5.91 Å². The van der Waals surface area contributed by atoms with E-state index in [9.17, 15) is 9.18 Å². The molecule has 0 N–H and O–H groups in total. The first kappa shape index (κ1) is 20.3. The zero-order valence-corrected chi connectivity index (χ0v) is 16.7. The summed E-state index contributed by atoms with van der Waals surface area (Å²) in [6.45, 7) is 4.93. The SMILES string of the molecule is CCC1CCN(Cc2ccc(OC)cc2)CC(=O)N1CCc1ccc(F)cc1. The van der Waals surface area contributed by atoms with Crippen molar-refractivity contribution in [2.24, 2.45) is 0 Å². The second kappa shape index (κ2) is 9.69. The van der Waals surface area contributed by atoms with Crippen molar-refractivity contribution in [1.29, 1.82) is 0 Å². The van der Waals surface area contributed by atoms with E-state index in [0.717, 1.165) is 43.7 Å². The Labute approximate surface area is 166 Å². The number of carbonyl (C=O) groups excluding carboxylic acids is 1. The molecule has 1 aliphatic rings. The van der Waals surface area contributed by atoms with Crippen molar-refractivity contribution in [2.75, 3.05) is 26.7 Å². The minimum Gasteiger partial charge on any atom is -0.497 e. The van der Waals surface area contributed by atoms with E-state index in [1.807, 2.05) is 17.0 Å². The van der Waals surface area contributed by atoms with Crippen LogP contribution in [-0.4, -0.2) is 48.5 Å². The molecule has 0 aromatic heterocycles. The van der Waals surface area contributed by atoms with Crippen molar-refractivity contribution in [2.45, 2.75) is 38.8 Å². The molecule has 0 radical (unpaired) electrons. The van der Waals surface area contributed by atoms with Crippen LogP contribution in [0.15, 0.2) is 48.5 Å². The van der Waals surface area contributed by atoms with Gasteiger partial charge in [-0.25, -0.2) is 4.39 Å². The third-order valence-electron chi connectivity index (χ3n) is 5.49. The Kier molecular flexibility index (Phi) is 7.04. The first-order valence-electron chi connectivity index (χ1n) is 9.98. The number of nitrogens with zero attached hydrogens (tertiary/aromatic N) is 2. The second-order valence-electron chi connectivity index (χ2n) is 7.37. The number of halogens is 1. The molecule has 1 aliphatic heterocycles. The summed E-state index contributed by atoms with van der Waals surface area (Å²) in [7, 11) is 1.66. The molecule has 1 unspecified atom stereocenters. The van der Waals surface area contributed by atoms with E-state index in [4.69, 9.17) is 4.74 Å². The van der Waals surface area contributed by atoms with E-state index in [1.165, 1.54) is 17.7 Å². The maximum Gasteiger partial charge on any atom is 0.237 e. The standard InChI is InChI=1S/C23H29FN2O2/c1-3-21-13-14-25(16-19-6-10-22(28-2)11-7-19)17-23(27)26(21)15-12-18-4-8-20(24)9-5-18/h4-11,21H,3,12-17H2,1-2H3. The van der Waals surface area contributed by atoms with Crippen LogP contribution >= 0.6 is 0 Å². The van der Waals surface area contributed by atoms with Crippen LogP contribution < -0.4 is 4.74 Å². The van der Waals surface area contributed by atoms with E-state index in [0.29, 0.717) is 13.1 Å². The number of methoxy groups -OCH3 is 1. The van der Waals surface area contributed by atoms with Crippen molar-refractivity contribution in [3.8, 4) is 5.75 Å². The van der Waals surface area contributed by atoms with E-state index >= 15 is 0 Å². The highest BCUT2D eigenvalue weighted by molar-refractivity contribution is 5.79. The first-order valence-corrected chi connectivity index (χ1v) is 9.98. The molecule has 2 aromatic carbocycles. The smallest absolute Gasteiger partial charge is 0.237 e. The molecule has 5 heteroatoms. The monoisotopic (exact) mass is 384 g/mol. The van der Waals surface area contributed by atoms with Crippen LogP contribution in [0.25, 0.3) is 0 Å². The van der Waals surface area contributed by atoms with Crippen LogP contribution in [0, 0.1) is 5.82 Å². The number of benzene rings is 2. The lowest BCUT2D eigenvalue weighted by molar-refractivity contribution is -0.133. The molecule has 0 saturated carbocycles. The van der Waals surface area contributed by atoms with E-state index in [1.54, 1.807) is 19.2 Å². The normalized spacial score (nSPS) is 18.2. The van der Waals surface area contributed by atoms with Crippen molar-refractivity contribution in [3.05, 3.63) is 65.5 Å². The fourth-order valence-corrected chi connectivity index (χ4v) is 3.81. The Bertz CT molecular complexity index is 761. The number of hydrogen-bond acceptors (Lipinski definition) is 3. The lowest BCUT2D eigenvalue weighted by Crippen LogP contribution is -2.42. The molecule has 0 aliphatic carbocycles. The highest BCUT2D eigenvalue weighted by Gasteiger charge is 2.28. The van der Waals surface area contributed by atoms with Gasteiger partial charge in [-0.3, -0.25) is 9.69 Å². The molecular formula is C23H29FN2O2. The first-order chi connectivity index (χ1) is 13.6. The van der Waals surface area contributed by atoms with Crippen LogP contribution in [0.4, 0.5) is 4.39 Å². The number of carbonyl (C=O) groups is 1. The van der Waals surface area contributed by atoms with Gasteiger partial charge in [0.2, 0.25) is 5.91 Å². The van der Waals surface area contributed by atoms with Gasteiger partial charge in [-0.2, -0.15) is 0 Å². The van der Waals surface area contributed by atoms with Gasteiger partial charge in [0.05, 0.1) is 13.7 Å². The zero-order chi connectivity index (χ0) is 19.9. The number of hydrogen-bond donors (Lipinski definition) is 0. The predicted octanol–water partition coefficient (Wildman–Crippen LogP) is 3.89. The van der Waals surface area contributed by atoms with Crippen LogP contribution in [0.1, 0.15) is 30.9 Å². The minimum atomic E-state index is -0.227. The van der Waals surface area contributed by atoms with Gasteiger partial charge in [-0.1, -0.05) is 31.2 Å². The molecule has 1 atom stereocenters. The number of amides is 1. The van der Waals surface area contributed by atoms with Gasteiger partial charge in [-0.05, 0) is 54.7 Å². The molecule has 0 spiro atoms. The third-order valence-corrected chi connectivity index (χ3v) is 5.49. The lowest BCUT2D eigenvalue weighted by atomic mass is 10.1. The molecule has 4 nitrogen and oxygen atoms in total. The van der Waals surface area contributed by atoms with Gasteiger partial charge in [0, 0.05) is 25.7 Å². The minimum absolute atomic E-state index is 0.181. The van der Waals surface area contributed by atoms with E-state index in [-0.39, 0.29) is 17.8 Å². The Morgan fingerprint density at radius 2 is 1.75 bits per heavy atom. The average Bonchev–Trinajstić information content (AvgIpc) is 2.86. The predicted molar refractivity (Wildman–Crippen MR) is 109 cm³/mol. The van der Waals surface area contributed by atoms with Gasteiger partial charge < -0.3 is 9.64 Å². The summed E-state index contributed by atoms with van der Waals surface area (Å²) in [5.74, 6) is 0.795. The molecule has 1 saturated heterocycles. The summed E-state index contributed by atoms with van der Waals surface area (Å²) in [5.41, 5.74) is 2.24. The van der Waals surface area contributed by atoms with Crippen LogP contribution in [-0.2, 0) is 17.8 Å². The molecule has 1 heterocycles. The van der Waals surface area contributed by atoms with Crippen LogP contribution in [0.5, 0.6) is 5.75 Å². The summed E-state index contributed by atoms with van der Waals surface area (Å²) >= 11 is 0. The maximum absolute atomic E-state index is 13.1.